The van der Waals surface area contributed by atoms with Crippen molar-refractivity contribution in [2.45, 2.75) is 24.9 Å². The number of anilines is 1. The first kappa shape index (κ1) is 21.3. The Balaban J connectivity index is 1.33. The first-order chi connectivity index (χ1) is 14.9. The lowest BCUT2D eigenvalue weighted by Gasteiger charge is -2.36. The van der Waals surface area contributed by atoms with Gasteiger partial charge in [0.2, 0.25) is 5.91 Å². The Bertz CT molecular complexity index is 1010. The molecule has 4 rings (SSSR count). The zero-order valence-electron chi connectivity index (χ0n) is 16.7. The zero-order chi connectivity index (χ0) is 22.0. The van der Waals surface area contributed by atoms with Crippen LogP contribution < -0.4 is 10.6 Å². The van der Waals surface area contributed by atoms with Crippen molar-refractivity contribution in [2.75, 3.05) is 25.0 Å². The lowest BCUT2D eigenvalue weighted by molar-refractivity contribution is -0.133. The molecule has 162 valence electrons. The van der Waals surface area contributed by atoms with Gasteiger partial charge in [0.25, 0.3) is 5.91 Å². The molecule has 0 bridgehead atoms. The SMILES string of the molecule is O=C(CN1CCC2(CC1)NC(=O)N(Cc1ccc(Cl)cc1)C2=O)Nc1ccccc1F. The number of imide groups is 1. The second-order valence-electron chi connectivity index (χ2n) is 7.83. The number of carbonyl (C=O) groups excluding carboxylic acids is 3. The third-order valence-corrected chi connectivity index (χ3v) is 5.98. The third-order valence-electron chi connectivity index (χ3n) is 5.72. The molecule has 0 saturated carbocycles. The molecular formula is C22H22ClFN4O3. The van der Waals surface area contributed by atoms with E-state index < -0.39 is 17.4 Å². The number of rotatable bonds is 5. The number of amides is 4. The number of carbonyl (C=O) groups is 3. The molecule has 2 aliphatic heterocycles. The Labute approximate surface area is 184 Å². The molecule has 2 N–H and O–H groups in total. The summed E-state index contributed by atoms with van der Waals surface area (Å²) in [6.45, 7) is 1.19. The predicted octanol–water partition coefficient (Wildman–Crippen LogP) is 3.00. The van der Waals surface area contributed by atoms with E-state index in [1.165, 1.54) is 17.0 Å². The fourth-order valence-corrected chi connectivity index (χ4v) is 4.11. The second-order valence-corrected chi connectivity index (χ2v) is 8.27. The van der Waals surface area contributed by atoms with Crippen LogP contribution >= 0.6 is 11.6 Å². The molecule has 4 amide bonds. The Morgan fingerprint density at radius 3 is 2.45 bits per heavy atom. The van der Waals surface area contributed by atoms with Gasteiger partial charge >= 0.3 is 6.03 Å². The first-order valence-electron chi connectivity index (χ1n) is 10.0. The van der Waals surface area contributed by atoms with Gasteiger partial charge in [-0.1, -0.05) is 35.9 Å². The summed E-state index contributed by atoms with van der Waals surface area (Å²) >= 11 is 5.89. The van der Waals surface area contributed by atoms with Crippen LogP contribution in [0.15, 0.2) is 48.5 Å². The fraction of sp³-hybridized carbons (Fsp3) is 0.318. The molecule has 2 saturated heterocycles. The Kier molecular flexibility index (Phi) is 5.93. The summed E-state index contributed by atoms with van der Waals surface area (Å²) in [7, 11) is 0. The van der Waals surface area contributed by atoms with E-state index in [0.717, 1.165) is 5.56 Å². The van der Waals surface area contributed by atoms with E-state index in [1.807, 2.05) is 4.90 Å². The molecule has 1 spiro atoms. The Morgan fingerprint density at radius 1 is 1.10 bits per heavy atom. The fourth-order valence-electron chi connectivity index (χ4n) is 3.98. The minimum absolute atomic E-state index is 0.0844. The van der Waals surface area contributed by atoms with E-state index in [2.05, 4.69) is 10.6 Å². The smallest absolute Gasteiger partial charge is 0.323 e. The maximum absolute atomic E-state index is 13.7. The summed E-state index contributed by atoms with van der Waals surface area (Å²) in [5.41, 5.74) is 0.00595. The van der Waals surface area contributed by atoms with Crippen LogP contribution in [-0.4, -0.2) is 52.8 Å². The van der Waals surface area contributed by atoms with Crippen LogP contribution in [0.2, 0.25) is 5.02 Å². The Morgan fingerprint density at radius 2 is 1.77 bits per heavy atom. The maximum Gasteiger partial charge on any atom is 0.325 e. The Hall–Kier alpha value is -2.97. The summed E-state index contributed by atoms with van der Waals surface area (Å²) in [5.74, 6) is -1.07. The van der Waals surface area contributed by atoms with Crippen LogP contribution in [0.4, 0.5) is 14.9 Å². The molecule has 0 aliphatic carbocycles. The van der Waals surface area contributed by atoms with Gasteiger partial charge in [-0.15, -0.1) is 0 Å². The highest BCUT2D eigenvalue weighted by Gasteiger charge is 2.52. The van der Waals surface area contributed by atoms with Crippen molar-refractivity contribution in [1.29, 1.82) is 0 Å². The van der Waals surface area contributed by atoms with Crippen LogP contribution in [0, 0.1) is 5.82 Å². The van der Waals surface area contributed by atoms with Crippen LogP contribution in [0.3, 0.4) is 0 Å². The van der Waals surface area contributed by atoms with Crippen molar-refractivity contribution >= 4 is 35.1 Å². The van der Waals surface area contributed by atoms with E-state index in [9.17, 15) is 18.8 Å². The predicted molar refractivity (Wildman–Crippen MR) is 114 cm³/mol. The van der Waals surface area contributed by atoms with E-state index in [1.54, 1.807) is 36.4 Å². The van der Waals surface area contributed by atoms with Gasteiger partial charge in [-0.3, -0.25) is 19.4 Å². The molecule has 2 aromatic carbocycles. The lowest BCUT2D eigenvalue weighted by atomic mass is 9.87. The first-order valence-corrected chi connectivity index (χ1v) is 10.4. The van der Waals surface area contributed by atoms with Gasteiger partial charge < -0.3 is 10.6 Å². The van der Waals surface area contributed by atoms with Gasteiger partial charge in [0.15, 0.2) is 0 Å². The number of hydrogen-bond donors (Lipinski definition) is 2. The maximum atomic E-state index is 13.7. The largest absolute Gasteiger partial charge is 0.325 e. The average molecular weight is 445 g/mol. The van der Waals surface area contributed by atoms with Crippen LogP contribution in [-0.2, 0) is 16.1 Å². The molecule has 2 aliphatic rings. The second kappa shape index (κ2) is 8.64. The number of urea groups is 1. The van der Waals surface area contributed by atoms with Crippen molar-refractivity contribution in [3.63, 3.8) is 0 Å². The summed E-state index contributed by atoms with van der Waals surface area (Å²) in [5, 5.41) is 6.01. The van der Waals surface area contributed by atoms with Gasteiger partial charge in [0.05, 0.1) is 18.8 Å². The molecule has 0 aromatic heterocycles. The highest BCUT2D eigenvalue weighted by Crippen LogP contribution is 2.30. The van der Waals surface area contributed by atoms with E-state index in [4.69, 9.17) is 11.6 Å². The number of halogens is 2. The lowest BCUT2D eigenvalue weighted by Crippen LogP contribution is -2.55. The number of piperidine rings is 1. The molecule has 2 heterocycles. The van der Waals surface area contributed by atoms with Crippen molar-refractivity contribution in [1.82, 2.24) is 15.1 Å². The highest BCUT2D eigenvalue weighted by molar-refractivity contribution is 6.30. The minimum Gasteiger partial charge on any atom is -0.323 e. The highest BCUT2D eigenvalue weighted by atomic mass is 35.5. The zero-order valence-corrected chi connectivity index (χ0v) is 17.5. The summed E-state index contributed by atoms with van der Waals surface area (Å²) in [6.07, 6.45) is 0.809. The van der Waals surface area contributed by atoms with Crippen LogP contribution in [0.25, 0.3) is 0 Å². The summed E-state index contributed by atoms with van der Waals surface area (Å²) in [6, 6.07) is 12.6. The van der Waals surface area contributed by atoms with Gasteiger partial charge in [-0.25, -0.2) is 9.18 Å². The van der Waals surface area contributed by atoms with E-state index in [-0.39, 0.29) is 30.6 Å². The van der Waals surface area contributed by atoms with E-state index in [0.29, 0.717) is 31.0 Å². The van der Waals surface area contributed by atoms with E-state index >= 15 is 0 Å². The average Bonchev–Trinajstić information content (AvgIpc) is 2.97. The minimum atomic E-state index is -0.942. The van der Waals surface area contributed by atoms with Crippen molar-refractivity contribution in [3.8, 4) is 0 Å². The standard InChI is InChI=1S/C22H22ClFN4O3/c23-16-7-5-15(6-8-16)13-28-20(30)22(26-21(28)31)9-11-27(12-10-22)14-19(29)25-18-4-2-1-3-17(18)24/h1-8H,9-14H2,(H,25,29)(H,26,31). The van der Waals surface area contributed by atoms with Crippen LogP contribution in [0.1, 0.15) is 18.4 Å². The number of benzene rings is 2. The quantitative estimate of drug-likeness (QED) is 0.695. The molecule has 2 aromatic rings. The monoisotopic (exact) mass is 444 g/mol. The van der Waals surface area contributed by atoms with Crippen molar-refractivity contribution in [3.05, 3.63) is 64.9 Å². The summed E-state index contributed by atoms with van der Waals surface area (Å²) < 4.78 is 13.7. The van der Waals surface area contributed by atoms with Gasteiger partial charge in [-0.2, -0.15) is 0 Å². The van der Waals surface area contributed by atoms with Crippen molar-refractivity contribution in [2.24, 2.45) is 0 Å². The molecule has 0 unspecified atom stereocenters. The molecule has 0 atom stereocenters. The van der Waals surface area contributed by atoms with Crippen LogP contribution in [0.5, 0.6) is 0 Å². The van der Waals surface area contributed by atoms with Crippen molar-refractivity contribution < 1.29 is 18.8 Å². The molecule has 31 heavy (non-hydrogen) atoms. The normalized spacial score (nSPS) is 18.3. The number of nitrogens with one attached hydrogen (secondary N) is 2. The number of likely N-dealkylation sites (tertiary alicyclic amines) is 1. The third kappa shape index (κ3) is 4.55. The van der Waals surface area contributed by atoms with Gasteiger partial charge in [-0.05, 0) is 42.7 Å². The molecular weight excluding hydrogens is 423 g/mol. The summed E-state index contributed by atoms with van der Waals surface area (Å²) in [4.78, 5) is 40.9. The number of para-hydroxylation sites is 1. The molecule has 2 fully saturated rings. The van der Waals surface area contributed by atoms with Gasteiger partial charge in [0, 0.05) is 18.1 Å². The molecule has 9 heteroatoms. The number of nitrogens with zero attached hydrogens (tertiary/aromatic N) is 2. The van der Waals surface area contributed by atoms with Gasteiger partial charge in [0.1, 0.15) is 11.4 Å². The number of hydrogen-bond acceptors (Lipinski definition) is 4. The topological polar surface area (TPSA) is 81.8 Å². The molecule has 0 radical (unpaired) electrons. The molecule has 7 nitrogen and oxygen atoms in total.